The van der Waals surface area contributed by atoms with Crippen molar-refractivity contribution in [1.82, 2.24) is 10.6 Å². The Hall–Kier alpha value is -0.0800. The Kier molecular flexibility index (Phi) is 4.26. The second-order valence-electron chi connectivity index (χ2n) is 6.33. The van der Waals surface area contributed by atoms with Gasteiger partial charge in [0.2, 0.25) is 0 Å². The lowest BCUT2D eigenvalue weighted by atomic mass is 9.73. The number of hydrogen-bond acceptors (Lipinski definition) is 2. The summed E-state index contributed by atoms with van der Waals surface area (Å²) in [5.41, 5.74) is 0.512. The molecule has 0 aromatic heterocycles. The first-order valence-corrected chi connectivity index (χ1v) is 7.15. The van der Waals surface area contributed by atoms with Crippen molar-refractivity contribution in [2.75, 3.05) is 13.1 Å². The zero-order chi connectivity index (χ0) is 11.4. The van der Waals surface area contributed by atoms with Crippen LogP contribution in [0.3, 0.4) is 0 Å². The molecule has 2 unspecified atom stereocenters. The topological polar surface area (TPSA) is 24.1 Å². The van der Waals surface area contributed by atoms with Crippen LogP contribution >= 0.6 is 0 Å². The largest absolute Gasteiger partial charge is 0.317 e. The van der Waals surface area contributed by atoms with Gasteiger partial charge in [-0.1, -0.05) is 26.7 Å². The van der Waals surface area contributed by atoms with Gasteiger partial charge >= 0.3 is 0 Å². The van der Waals surface area contributed by atoms with Gasteiger partial charge in [-0.3, -0.25) is 0 Å². The van der Waals surface area contributed by atoms with Crippen molar-refractivity contribution in [3.05, 3.63) is 0 Å². The van der Waals surface area contributed by atoms with Crippen LogP contribution in [-0.2, 0) is 0 Å². The van der Waals surface area contributed by atoms with Crippen LogP contribution in [0.4, 0.5) is 0 Å². The van der Waals surface area contributed by atoms with Gasteiger partial charge in [-0.25, -0.2) is 0 Å². The first-order chi connectivity index (χ1) is 7.68. The standard InChI is InChI=1S/C14H28N2/c1-14(2)9-4-3-7-13(14)16-12-6-5-10-15-11-8-12/h12-13,15-16H,3-11H2,1-2H3. The van der Waals surface area contributed by atoms with Gasteiger partial charge in [0.1, 0.15) is 0 Å². The third-order valence-electron chi connectivity index (χ3n) is 4.52. The number of rotatable bonds is 2. The quantitative estimate of drug-likeness (QED) is 0.753. The monoisotopic (exact) mass is 224 g/mol. The highest BCUT2D eigenvalue weighted by Crippen LogP contribution is 2.35. The fourth-order valence-corrected chi connectivity index (χ4v) is 3.27. The highest BCUT2D eigenvalue weighted by atomic mass is 15.0. The normalized spacial score (nSPS) is 35.6. The highest BCUT2D eigenvalue weighted by molar-refractivity contribution is 4.90. The molecule has 2 nitrogen and oxygen atoms in total. The molecule has 1 aliphatic heterocycles. The molecule has 0 amide bonds. The Morgan fingerprint density at radius 3 is 2.69 bits per heavy atom. The molecule has 2 rings (SSSR count). The third kappa shape index (κ3) is 3.21. The molecule has 2 atom stereocenters. The van der Waals surface area contributed by atoms with Crippen molar-refractivity contribution in [3.63, 3.8) is 0 Å². The van der Waals surface area contributed by atoms with E-state index in [1.165, 1.54) is 58.0 Å². The van der Waals surface area contributed by atoms with Gasteiger partial charge in [0.25, 0.3) is 0 Å². The lowest BCUT2D eigenvalue weighted by Gasteiger charge is -2.41. The summed E-state index contributed by atoms with van der Waals surface area (Å²) in [4.78, 5) is 0. The minimum Gasteiger partial charge on any atom is -0.317 e. The molecule has 16 heavy (non-hydrogen) atoms. The maximum atomic E-state index is 3.95. The summed E-state index contributed by atoms with van der Waals surface area (Å²) in [5.74, 6) is 0. The zero-order valence-corrected chi connectivity index (χ0v) is 11.0. The van der Waals surface area contributed by atoms with Crippen LogP contribution in [0, 0.1) is 5.41 Å². The Bertz CT molecular complexity index is 205. The first kappa shape index (κ1) is 12.4. The van der Waals surface area contributed by atoms with Crippen molar-refractivity contribution in [1.29, 1.82) is 0 Å². The Morgan fingerprint density at radius 2 is 1.88 bits per heavy atom. The van der Waals surface area contributed by atoms with Gasteiger partial charge in [-0.15, -0.1) is 0 Å². The van der Waals surface area contributed by atoms with E-state index in [1.54, 1.807) is 0 Å². The summed E-state index contributed by atoms with van der Waals surface area (Å²) in [6.45, 7) is 7.30. The van der Waals surface area contributed by atoms with Gasteiger partial charge in [-0.05, 0) is 50.6 Å². The maximum Gasteiger partial charge on any atom is 0.0121 e. The predicted molar refractivity (Wildman–Crippen MR) is 69.7 cm³/mol. The molecule has 2 aliphatic rings. The van der Waals surface area contributed by atoms with Crippen LogP contribution in [0.5, 0.6) is 0 Å². The van der Waals surface area contributed by atoms with Gasteiger partial charge in [0, 0.05) is 12.1 Å². The van der Waals surface area contributed by atoms with Crippen molar-refractivity contribution in [2.24, 2.45) is 5.41 Å². The van der Waals surface area contributed by atoms with Crippen LogP contribution in [0.1, 0.15) is 58.8 Å². The molecule has 0 aromatic rings. The summed E-state index contributed by atoms with van der Waals surface area (Å²) in [7, 11) is 0. The zero-order valence-electron chi connectivity index (χ0n) is 11.0. The third-order valence-corrected chi connectivity index (χ3v) is 4.52. The van der Waals surface area contributed by atoms with E-state index in [4.69, 9.17) is 0 Å². The van der Waals surface area contributed by atoms with Crippen LogP contribution in [-0.4, -0.2) is 25.2 Å². The predicted octanol–water partition coefficient (Wildman–Crippen LogP) is 2.69. The minimum atomic E-state index is 0.512. The second-order valence-corrected chi connectivity index (χ2v) is 6.33. The molecule has 1 aliphatic carbocycles. The van der Waals surface area contributed by atoms with Crippen molar-refractivity contribution < 1.29 is 0 Å². The molecule has 0 bridgehead atoms. The molecule has 0 aromatic carbocycles. The maximum absolute atomic E-state index is 3.95. The molecule has 1 heterocycles. The SMILES string of the molecule is CC1(C)CCCCC1NC1CCCNCC1. The average Bonchev–Trinajstić information content (AvgIpc) is 2.49. The van der Waals surface area contributed by atoms with E-state index in [0.29, 0.717) is 5.41 Å². The lowest BCUT2D eigenvalue weighted by molar-refractivity contribution is 0.152. The first-order valence-electron chi connectivity index (χ1n) is 7.15. The van der Waals surface area contributed by atoms with E-state index in [-0.39, 0.29) is 0 Å². The Labute approximate surface area is 101 Å². The second kappa shape index (κ2) is 5.50. The van der Waals surface area contributed by atoms with Crippen LogP contribution in [0.15, 0.2) is 0 Å². The summed E-state index contributed by atoms with van der Waals surface area (Å²) in [6, 6.07) is 1.52. The van der Waals surface area contributed by atoms with E-state index < -0.39 is 0 Å². The molecule has 2 heteroatoms. The smallest absolute Gasteiger partial charge is 0.0121 e. The fraction of sp³-hybridized carbons (Fsp3) is 1.00. The molecule has 0 radical (unpaired) electrons. The van der Waals surface area contributed by atoms with Crippen LogP contribution < -0.4 is 10.6 Å². The average molecular weight is 224 g/mol. The fourth-order valence-electron chi connectivity index (χ4n) is 3.27. The molecular formula is C14H28N2. The van der Waals surface area contributed by atoms with E-state index in [1.807, 2.05) is 0 Å². The molecule has 2 fully saturated rings. The molecule has 2 N–H and O–H groups in total. The van der Waals surface area contributed by atoms with Crippen LogP contribution in [0.2, 0.25) is 0 Å². The minimum absolute atomic E-state index is 0.512. The number of hydrogen-bond donors (Lipinski definition) is 2. The lowest BCUT2D eigenvalue weighted by Crippen LogP contribution is -2.48. The molecule has 94 valence electrons. The van der Waals surface area contributed by atoms with Gasteiger partial charge < -0.3 is 10.6 Å². The van der Waals surface area contributed by atoms with Gasteiger partial charge in [0.15, 0.2) is 0 Å². The molecule has 1 saturated carbocycles. The highest BCUT2D eigenvalue weighted by Gasteiger charge is 2.33. The van der Waals surface area contributed by atoms with Crippen LogP contribution in [0.25, 0.3) is 0 Å². The van der Waals surface area contributed by atoms with E-state index >= 15 is 0 Å². The van der Waals surface area contributed by atoms with Gasteiger partial charge in [-0.2, -0.15) is 0 Å². The molecule has 0 spiro atoms. The van der Waals surface area contributed by atoms with E-state index in [9.17, 15) is 0 Å². The number of nitrogens with one attached hydrogen (secondary N) is 2. The summed E-state index contributed by atoms with van der Waals surface area (Å²) in [6.07, 6.45) is 9.65. The van der Waals surface area contributed by atoms with Crippen molar-refractivity contribution >= 4 is 0 Å². The summed E-state index contributed by atoms with van der Waals surface area (Å²) < 4.78 is 0. The summed E-state index contributed by atoms with van der Waals surface area (Å²) >= 11 is 0. The molecular weight excluding hydrogens is 196 g/mol. The van der Waals surface area contributed by atoms with E-state index in [0.717, 1.165) is 12.1 Å². The van der Waals surface area contributed by atoms with Crippen molar-refractivity contribution in [3.8, 4) is 0 Å². The van der Waals surface area contributed by atoms with E-state index in [2.05, 4.69) is 24.5 Å². The Morgan fingerprint density at radius 1 is 1.00 bits per heavy atom. The summed E-state index contributed by atoms with van der Waals surface area (Å²) in [5, 5.41) is 7.44. The Balaban J connectivity index is 1.86. The van der Waals surface area contributed by atoms with Crippen molar-refractivity contribution in [2.45, 2.75) is 70.9 Å². The molecule has 1 saturated heterocycles. The van der Waals surface area contributed by atoms with Gasteiger partial charge in [0.05, 0.1) is 0 Å².